The second-order valence-electron chi connectivity index (χ2n) is 8.23. The third-order valence-electron chi connectivity index (χ3n) is 5.78. The average Bonchev–Trinajstić information content (AvgIpc) is 3.12. The summed E-state index contributed by atoms with van der Waals surface area (Å²) in [6.45, 7) is 5.48. The van der Waals surface area contributed by atoms with Crippen LogP contribution in [-0.2, 0) is 19.7 Å². The van der Waals surface area contributed by atoms with Gasteiger partial charge in [-0.3, -0.25) is 14.5 Å². The number of carbonyl (C=O) groups excluding carboxylic acids is 1. The lowest BCUT2D eigenvalue weighted by molar-refractivity contribution is 0.0784. The zero-order valence-electron chi connectivity index (χ0n) is 19.5. The Morgan fingerprint density at radius 3 is 2.53 bits per heavy atom. The van der Waals surface area contributed by atoms with E-state index in [9.17, 15) is 4.79 Å². The third kappa shape index (κ3) is 5.46. The Morgan fingerprint density at radius 1 is 1.06 bits per heavy atom. The molecule has 7 heteroatoms. The standard InChI is InChI=1S/C27H27ClN4O2/c1-19-25(20(2)32(30-19)16-23-8-4-5-9-26(23)28)17-31(3)27(33)22-10-12-24(13-11-22)34-18-21-7-6-14-29-15-21/h4-15H,16-18H2,1-3H3. The number of rotatable bonds is 8. The van der Waals surface area contributed by atoms with E-state index in [0.29, 0.717) is 31.0 Å². The van der Waals surface area contributed by atoms with Gasteiger partial charge in [0.2, 0.25) is 0 Å². The molecule has 4 rings (SSSR count). The van der Waals surface area contributed by atoms with Crippen molar-refractivity contribution in [1.82, 2.24) is 19.7 Å². The van der Waals surface area contributed by atoms with Crippen LogP contribution in [0.15, 0.2) is 73.1 Å². The van der Waals surface area contributed by atoms with Gasteiger partial charge in [-0.05, 0) is 55.8 Å². The van der Waals surface area contributed by atoms with Crippen molar-refractivity contribution in [3.63, 3.8) is 0 Å². The number of hydrogen-bond acceptors (Lipinski definition) is 4. The van der Waals surface area contributed by atoms with Crippen LogP contribution in [0, 0.1) is 13.8 Å². The van der Waals surface area contributed by atoms with Crippen LogP contribution in [0.4, 0.5) is 0 Å². The molecule has 0 spiro atoms. The molecule has 0 aliphatic heterocycles. The fourth-order valence-electron chi connectivity index (χ4n) is 3.78. The van der Waals surface area contributed by atoms with Crippen molar-refractivity contribution in [1.29, 1.82) is 0 Å². The van der Waals surface area contributed by atoms with Gasteiger partial charge < -0.3 is 9.64 Å². The molecular weight excluding hydrogens is 448 g/mol. The second kappa shape index (κ2) is 10.5. The minimum absolute atomic E-state index is 0.0588. The van der Waals surface area contributed by atoms with Gasteiger partial charge in [0, 0.05) is 53.4 Å². The highest BCUT2D eigenvalue weighted by Crippen LogP contribution is 2.21. The molecule has 0 saturated heterocycles. The lowest BCUT2D eigenvalue weighted by Gasteiger charge is -2.18. The van der Waals surface area contributed by atoms with Gasteiger partial charge in [-0.2, -0.15) is 5.10 Å². The number of aryl methyl sites for hydroxylation is 1. The van der Waals surface area contributed by atoms with Gasteiger partial charge in [0.1, 0.15) is 12.4 Å². The molecule has 0 saturated carbocycles. The van der Waals surface area contributed by atoms with E-state index in [-0.39, 0.29) is 5.91 Å². The molecule has 1 amide bonds. The van der Waals surface area contributed by atoms with Crippen molar-refractivity contribution >= 4 is 17.5 Å². The zero-order chi connectivity index (χ0) is 24.1. The zero-order valence-corrected chi connectivity index (χ0v) is 20.3. The number of ether oxygens (including phenoxy) is 1. The monoisotopic (exact) mass is 474 g/mol. The summed E-state index contributed by atoms with van der Waals surface area (Å²) in [5.74, 6) is 0.645. The van der Waals surface area contributed by atoms with Crippen LogP contribution in [0.5, 0.6) is 5.75 Å². The highest BCUT2D eigenvalue weighted by molar-refractivity contribution is 6.31. The van der Waals surface area contributed by atoms with E-state index in [1.807, 2.05) is 67.1 Å². The number of nitrogens with zero attached hydrogens (tertiary/aromatic N) is 4. The van der Waals surface area contributed by atoms with Crippen molar-refractivity contribution in [2.75, 3.05) is 7.05 Å². The summed E-state index contributed by atoms with van der Waals surface area (Å²) >= 11 is 6.32. The lowest BCUT2D eigenvalue weighted by atomic mass is 10.1. The van der Waals surface area contributed by atoms with Crippen LogP contribution in [0.2, 0.25) is 5.02 Å². The predicted octanol–water partition coefficient (Wildman–Crippen LogP) is 5.45. The molecule has 2 aromatic heterocycles. The summed E-state index contributed by atoms with van der Waals surface area (Å²) in [6, 6.07) is 18.8. The van der Waals surface area contributed by atoms with Crippen LogP contribution >= 0.6 is 11.6 Å². The Balaban J connectivity index is 1.40. The Bertz CT molecular complexity index is 1270. The van der Waals surface area contributed by atoms with Crippen molar-refractivity contribution in [3.8, 4) is 5.75 Å². The van der Waals surface area contributed by atoms with Gasteiger partial charge >= 0.3 is 0 Å². The summed E-state index contributed by atoms with van der Waals surface area (Å²) in [5.41, 5.74) is 5.58. The number of pyridine rings is 1. The van der Waals surface area contributed by atoms with Gasteiger partial charge in [0.05, 0.1) is 12.2 Å². The smallest absolute Gasteiger partial charge is 0.253 e. The van der Waals surface area contributed by atoms with Crippen molar-refractivity contribution < 1.29 is 9.53 Å². The molecule has 0 unspecified atom stereocenters. The Morgan fingerprint density at radius 2 is 1.82 bits per heavy atom. The van der Waals surface area contributed by atoms with E-state index in [1.54, 1.807) is 36.5 Å². The van der Waals surface area contributed by atoms with E-state index in [0.717, 1.165) is 33.1 Å². The fraction of sp³-hybridized carbons (Fsp3) is 0.222. The molecule has 4 aromatic rings. The number of hydrogen-bond donors (Lipinski definition) is 0. The largest absolute Gasteiger partial charge is 0.489 e. The van der Waals surface area contributed by atoms with Crippen molar-refractivity contribution in [2.45, 2.75) is 33.5 Å². The number of halogens is 1. The SMILES string of the molecule is Cc1nn(Cc2ccccc2Cl)c(C)c1CN(C)C(=O)c1ccc(OCc2cccnc2)cc1. The lowest BCUT2D eigenvalue weighted by Crippen LogP contribution is -2.26. The maximum absolute atomic E-state index is 13.0. The highest BCUT2D eigenvalue weighted by Gasteiger charge is 2.18. The number of benzene rings is 2. The summed E-state index contributed by atoms with van der Waals surface area (Å²) in [5, 5.41) is 5.41. The van der Waals surface area contributed by atoms with Crippen LogP contribution in [0.25, 0.3) is 0 Å². The molecule has 0 N–H and O–H groups in total. The third-order valence-corrected chi connectivity index (χ3v) is 6.15. The molecule has 2 heterocycles. The quantitative estimate of drug-likeness (QED) is 0.341. The van der Waals surface area contributed by atoms with Crippen molar-refractivity contribution in [3.05, 3.63) is 112 Å². The van der Waals surface area contributed by atoms with Crippen LogP contribution in [0.3, 0.4) is 0 Å². The van der Waals surface area contributed by atoms with Gasteiger partial charge in [0.15, 0.2) is 0 Å². The number of carbonyl (C=O) groups is 1. The molecule has 0 fully saturated rings. The minimum atomic E-state index is -0.0588. The number of aromatic nitrogens is 3. The molecule has 0 aliphatic carbocycles. The molecular formula is C27H27ClN4O2. The first-order chi connectivity index (χ1) is 16.4. The summed E-state index contributed by atoms with van der Waals surface area (Å²) in [6.07, 6.45) is 3.50. The van der Waals surface area contributed by atoms with Gasteiger partial charge in [0.25, 0.3) is 5.91 Å². The fourth-order valence-corrected chi connectivity index (χ4v) is 3.97. The number of amides is 1. The van der Waals surface area contributed by atoms with Crippen LogP contribution in [0.1, 0.15) is 38.4 Å². The van der Waals surface area contributed by atoms with E-state index < -0.39 is 0 Å². The van der Waals surface area contributed by atoms with E-state index in [4.69, 9.17) is 16.3 Å². The first-order valence-corrected chi connectivity index (χ1v) is 11.4. The summed E-state index contributed by atoms with van der Waals surface area (Å²) < 4.78 is 7.73. The van der Waals surface area contributed by atoms with Gasteiger partial charge in [-0.15, -0.1) is 0 Å². The molecule has 0 atom stereocenters. The summed E-state index contributed by atoms with van der Waals surface area (Å²) in [4.78, 5) is 18.8. The van der Waals surface area contributed by atoms with E-state index >= 15 is 0 Å². The molecule has 0 bridgehead atoms. The first kappa shape index (κ1) is 23.5. The maximum Gasteiger partial charge on any atom is 0.253 e. The Hall–Kier alpha value is -3.64. The van der Waals surface area contributed by atoms with Crippen LogP contribution in [-0.4, -0.2) is 32.6 Å². The molecule has 2 aromatic carbocycles. The van der Waals surface area contributed by atoms with E-state index in [2.05, 4.69) is 10.1 Å². The normalized spacial score (nSPS) is 10.8. The molecule has 174 valence electrons. The first-order valence-electron chi connectivity index (χ1n) is 11.1. The topological polar surface area (TPSA) is 60.2 Å². The molecule has 0 aliphatic rings. The average molecular weight is 475 g/mol. The maximum atomic E-state index is 13.0. The van der Waals surface area contributed by atoms with Gasteiger partial charge in [-0.1, -0.05) is 35.9 Å². The Kier molecular flexibility index (Phi) is 7.28. The predicted molar refractivity (Wildman–Crippen MR) is 133 cm³/mol. The molecule has 0 radical (unpaired) electrons. The van der Waals surface area contributed by atoms with Crippen LogP contribution < -0.4 is 4.74 Å². The molecule has 6 nitrogen and oxygen atoms in total. The van der Waals surface area contributed by atoms with Crippen molar-refractivity contribution in [2.24, 2.45) is 0 Å². The van der Waals surface area contributed by atoms with Gasteiger partial charge in [-0.25, -0.2) is 0 Å². The second-order valence-corrected chi connectivity index (χ2v) is 8.64. The van der Waals surface area contributed by atoms with E-state index in [1.165, 1.54) is 0 Å². The molecule has 34 heavy (non-hydrogen) atoms. The highest BCUT2D eigenvalue weighted by atomic mass is 35.5. The summed E-state index contributed by atoms with van der Waals surface area (Å²) in [7, 11) is 1.80. The minimum Gasteiger partial charge on any atom is -0.489 e. The Labute approximate surface area is 204 Å².